The maximum Gasteiger partial charge on any atom is 0.243 e. The molecule has 0 spiro atoms. The first-order valence-electron chi connectivity index (χ1n) is 17.7. The summed E-state index contributed by atoms with van der Waals surface area (Å²) in [6.45, 7) is 3.66. The van der Waals surface area contributed by atoms with Crippen LogP contribution in [0.1, 0.15) is 0 Å². The summed E-state index contributed by atoms with van der Waals surface area (Å²) in [5, 5.41) is 5.75. The number of thiazole rings is 2. The van der Waals surface area contributed by atoms with Gasteiger partial charge in [-0.15, -0.1) is 22.7 Å². The molecule has 0 unspecified atom stereocenters. The Morgan fingerprint density at radius 3 is 1.44 bits per heavy atom. The van der Waals surface area contributed by atoms with Gasteiger partial charge in [-0.3, -0.25) is 0 Å². The highest BCUT2D eigenvalue weighted by atomic mass is 79.9. The quantitative estimate of drug-likeness (QED) is 0.144. The van der Waals surface area contributed by atoms with E-state index in [0.29, 0.717) is 52.4 Å². The highest BCUT2D eigenvalue weighted by Gasteiger charge is 2.31. The number of hydrogen-bond acceptors (Lipinski definition) is 11. The van der Waals surface area contributed by atoms with Crippen LogP contribution in [-0.2, 0) is 20.0 Å². The second-order valence-corrected chi connectivity index (χ2v) is 19.4. The monoisotopic (exact) mass is 914 g/mol. The molecule has 6 aromatic rings. The third kappa shape index (κ3) is 9.54. The van der Waals surface area contributed by atoms with Crippen LogP contribution in [0.15, 0.2) is 122 Å². The van der Waals surface area contributed by atoms with Gasteiger partial charge in [0.15, 0.2) is 10.3 Å². The minimum atomic E-state index is -3.62. The van der Waals surface area contributed by atoms with Gasteiger partial charge in [0.25, 0.3) is 0 Å². The molecule has 2 aromatic heterocycles. The summed E-state index contributed by atoms with van der Waals surface area (Å²) < 4.78 is 86.3. The van der Waals surface area contributed by atoms with E-state index in [1.807, 2.05) is 59.3 Å². The lowest BCUT2D eigenvalue weighted by molar-refractivity contribution is 0.384. The van der Waals surface area contributed by atoms with Crippen molar-refractivity contribution in [1.29, 1.82) is 0 Å². The number of rotatable bonds is 9. The lowest BCUT2D eigenvalue weighted by Gasteiger charge is -2.33. The molecule has 2 aliphatic heterocycles. The fourth-order valence-electron chi connectivity index (χ4n) is 6.27. The number of benzene rings is 4. The second-order valence-electron chi connectivity index (χ2n) is 13.0. The Hall–Kier alpha value is -4.30. The molecule has 2 fully saturated rings. The normalized spacial score (nSPS) is 15.6. The molecule has 0 N–H and O–H groups in total. The summed E-state index contributed by atoms with van der Waals surface area (Å²) in [4.78, 5) is 13.8. The zero-order valence-electron chi connectivity index (χ0n) is 30.5. The predicted molar refractivity (Wildman–Crippen MR) is 224 cm³/mol. The molecular formula is C39H37BrF2N6O5S4. The van der Waals surface area contributed by atoms with E-state index in [1.165, 1.54) is 68.5 Å². The highest BCUT2D eigenvalue weighted by molar-refractivity contribution is 9.10. The third-order valence-electron chi connectivity index (χ3n) is 9.39. The Balaban J connectivity index is 0.000000174. The number of hydrogen-bond donors (Lipinski definition) is 0. The molecule has 298 valence electrons. The molecule has 0 atom stereocenters. The van der Waals surface area contributed by atoms with Gasteiger partial charge in [0.1, 0.15) is 17.4 Å². The Morgan fingerprint density at radius 2 is 1.02 bits per heavy atom. The number of ether oxygens (including phenoxy) is 1. The van der Waals surface area contributed by atoms with E-state index < -0.39 is 31.7 Å². The molecule has 0 aliphatic carbocycles. The number of halogens is 3. The molecule has 0 amide bonds. The van der Waals surface area contributed by atoms with Gasteiger partial charge < -0.3 is 14.5 Å². The van der Waals surface area contributed by atoms with Crippen molar-refractivity contribution in [2.24, 2.45) is 0 Å². The van der Waals surface area contributed by atoms with Crippen molar-refractivity contribution in [3.8, 4) is 28.3 Å². The van der Waals surface area contributed by atoms with Crippen LogP contribution in [0.5, 0.6) is 5.75 Å². The zero-order valence-corrected chi connectivity index (χ0v) is 35.4. The number of piperazine rings is 2. The van der Waals surface area contributed by atoms with E-state index in [0.717, 1.165) is 43.0 Å². The summed E-state index contributed by atoms with van der Waals surface area (Å²) in [6, 6.07) is 25.6. The SMILES string of the molecule is COc1cccc(-c2csc(N3CCN(S(=O)(=O)c4ccc(F)cc4)CC3)n2)c1.O=S(=O)(c1ccc(F)cc1)N1CCN(c2nc(-c3cccc(Br)c3)cs2)CC1. The van der Waals surface area contributed by atoms with Gasteiger partial charge in [0.05, 0.1) is 28.3 Å². The lowest BCUT2D eigenvalue weighted by Crippen LogP contribution is -2.48. The molecule has 0 bridgehead atoms. The standard InChI is InChI=1S/C20H20FN3O3S2.C19H17BrFN3O2S2/c1-27-17-4-2-3-15(13-17)19-14-28-20(22-19)23-9-11-24(12-10-23)29(25,26)18-7-5-16(21)6-8-18;20-15-3-1-2-14(12-15)18-13-27-19(22-18)23-8-10-24(11-9-23)28(25,26)17-6-4-16(21)5-7-17/h2-8,13-14H,9-12H2,1H3;1-7,12-13H,8-11H2. The molecule has 2 saturated heterocycles. The topological polar surface area (TPSA) is 116 Å². The lowest BCUT2D eigenvalue weighted by atomic mass is 10.2. The van der Waals surface area contributed by atoms with Gasteiger partial charge in [-0.25, -0.2) is 35.6 Å². The van der Waals surface area contributed by atoms with Crippen molar-refractivity contribution < 1.29 is 30.4 Å². The third-order valence-corrected chi connectivity index (χ3v) is 15.5. The summed E-state index contributed by atoms with van der Waals surface area (Å²) in [6.07, 6.45) is 0. The molecule has 0 radical (unpaired) electrons. The molecule has 18 heteroatoms. The van der Waals surface area contributed by atoms with E-state index >= 15 is 0 Å². The summed E-state index contributed by atoms with van der Waals surface area (Å²) >= 11 is 6.56. The van der Waals surface area contributed by atoms with Crippen molar-refractivity contribution in [1.82, 2.24) is 18.6 Å². The fraction of sp³-hybridized carbons (Fsp3) is 0.231. The number of anilines is 2. The zero-order chi connectivity index (χ0) is 40.2. The van der Waals surface area contributed by atoms with E-state index in [9.17, 15) is 25.6 Å². The summed E-state index contributed by atoms with van der Waals surface area (Å²) in [7, 11) is -5.60. The number of sulfonamides is 2. The Bertz CT molecular complexity index is 2520. The van der Waals surface area contributed by atoms with Crippen molar-refractivity contribution in [2.75, 3.05) is 69.3 Å². The van der Waals surface area contributed by atoms with Crippen molar-refractivity contribution in [3.63, 3.8) is 0 Å². The molecule has 4 heterocycles. The van der Waals surface area contributed by atoms with Gasteiger partial charge in [-0.1, -0.05) is 40.2 Å². The maximum absolute atomic E-state index is 13.1. The first-order chi connectivity index (χ1) is 27.4. The predicted octanol–water partition coefficient (Wildman–Crippen LogP) is 7.69. The highest BCUT2D eigenvalue weighted by Crippen LogP contribution is 2.32. The van der Waals surface area contributed by atoms with Crippen LogP contribution in [0.25, 0.3) is 22.5 Å². The van der Waals surface area contributed by atoms with Crippen molar-refractivity contribution >= 4 is 68.9 Å². The van der Waals surface area contributed by atoms with Crippen LogP contribution in [0, 0.1) is 11.6 Å². The van der Waals surface area contributed by atoms with Gasteiger partial charge in [0.2, 0.25) is 20.0 Å². The van der Waals surface area contributed by atoms with Crippen LogP contribution in [0.3, 0.4) is 0 Å². The maximum atomic E-state index is 13.1. The molecule has 2 aliphatic rings. The summed E-state index contributed by atoms with van der Waals surface area (Å²) in [5.41, 5.74) is 3.78. The van der Waals surface area contributed by atoms with Crippen LogP contribution >= 0.6 is 38.6 Å². The molecule has 11 nitrogen and oxygen atoms in total. The average Bonchev–Trinajstić information content (AvgIpc) is 3.94. The van der Waals surface area contributed by atoms with Gasteiger partial charge in [-0.2, -0.15) is 8.61 Å². The van der Waals surface area contributed by atoms with Crippen LogP contribution in [0.4, 0.5) is 19.0 Å². The first kappa shape index (κ1) is 40.9. The van der Waals surface area contributed by atoms with Gasteiger partial charge in [-0.05, 0) is 72.8 Å². The molecular weight excluding hydrogens is 879 g/mol. The van der Waals surface area contributed by atoms with Crippen molar-refractivity contribution in [3.05, 3.63) is 124 Å². The first-order valence-corrected chi connectivity index (χ1v) is 23.2. The number of aromatic nitrogens is 2. The second kappa shape index (κ2) is 17.7. The van der Waals surface area contributed by atoms with Crippen LogP contribution < -0.4 is 14.5 Å². The summed E-state index contributed by atoms with van der Waals surface area (Å²) in [5.74, 6) is -0.130. The smallest absolute Gasteiger partial charge is 0.243 e. The van der Waals surface area contributed by atoms with E-state index in [-0.39, 0.29) is 9.79 Å². The molecule has 0 saturated carbocycles. The minimum Gasteiger partial charge on any atom is -0.497 e. The largest absolute Gasteiger partial charge is 0.497 e. The van der Waals surface area contributed by atoms with E-state index in [2.05, 4.69) is 25.7 Å². The van der Waals surface area contributed by atoms with Gasteiger partial charge in [0, 0.05) is 78.7 Å². The molecule has 4 aromatic carbocycles. The number of nitrogens with zero attached hydrogens (tertiary/aromatic N) is 6. The average molecular weight is 916 g/mol. The Labute approximate surface area is 347 Å². The van der Waals surface area contributed by atoms with E-state index in [1.54, 1.807) is 18.4 Å². The fourth-order valence-corrected chi connectivity index (χ4v) is 11.3. The van der Waals surface area contributed by atoms with E-state index in [4.69, 9.17) is 14.7 Å². The molecule has 8 rings (SSSR count). The minimum absolute atomic E-state index is 0.113. The molecule has 57 heavy (non-hydrogen) atoms. The van der Waals surface area contributed by atoms with Crippen molar-refractivity contribution in [2.45, 2.75) is 9.79 Å². The van der Waals surface area contributed by atoms with Gasteiger partial charge >= 0.3 is 0 Å². The van der Waals surface area contributed by atoms with Crippen LogP contribution in [0.2, 0.25) is 0 Å². The van der Waals surface area contributed by atoms with Crippen LogP contribution in [-0.4, -0.2) is 94.9 Å². The Morgan fingerprint density at radius 1 is 0.596 bits per heavy atom. The number of methoxy groups -OCH3 is 1. The Kier molecular flexibility index (Phi) is 12.7.